The van der Waals surface area contributed by atoms with Gasteiger partial charge < -0.3 is 14.0 Å². The SMILES string of the molecule is CCCCc1nc(Cl)c(C(=O)c2ccc(C(OC)OC)cn2)n1Cc1ccc(-c2ccccc2-c2nnn[nH]2)cc1. The number of halogens is 1. The number of hydrogen-bond acceptors (Lipinski definition) is 8. The fraction of sp³-hybridized carbons (Fsp3) is 0.267. The normalized spacial score (nSPS) is 11.3. The number of H-pyrrole nitrogens is 1. The van der Waals surface area contributed by atoms with E-state index in [2.05, 4.69) is 37.5 Å². The Morgan fingerprint density at radius 1 is 1.02 bits per heavy atom. The van der Waals surface area contributed by atoms with Crippen LogP contribution in [0.2, 0.25) is 5.15 Å². The average molecular weight is 572 g/mol. The summed E-state index contributed by atoms with van der Waals surface area (Å²) in [7, 11) is 3.09. The number of aryl methyl sites for hydroxylation is 1. The number of aromatic nitrogens is 7. The van der Waals surface area contributed by atoms with E-state index in [1.165, 1.54) is 0 Å². The molecule has 0 radical (unpaired) electrons. The lowest BCUT2D eigenvalue weighted by atomic mass is 9.98. The molecule has 0 aliphatic heterocycles. The summed E-state index contributed by atoms with van der Waals surface area (Å²) in [6.07, 6.45) is 3.63. The first-order chi connectivity index (χ1) is 20.0. The van der Waals surface area contributed by atoms with E-state index < -0.39 is 6.29 Å². The molecule has 1 N–H and O–H groups in total. The van der Waals surface area contributed by atoms with Crippen molar-refractivity contribution in [3.63, 3.8) is 0 Å². The number of hydrogen-bond donors (Lipinski definition) is 1. The Morgan fingerprint density at radius 2 is 1.78 bits per heavy atom. The highest BCUT2D eigenvalue weighted by molar-refractivity contribution is 6.33. The van der Waals surface area contributed by atoms with Gasteiger partial charge in [0, 0.05) is 44.5 Å². The summed E-state index contributed by atoms with van der Waals surface area (Å²) in [4.78, 5) is 22.7. The van der Waals surface area contributed by atoms with Gasteiger partial charge in [-0.1, -0.05) is 79.5 Å². The van der Waals surface area contributed by atoms with Gasteiger partial charge in [-0.15, -0.1) is 5.10 Å². The molecule has 0 atom stereocenters. The molecule has 5 aromatic rings. The number of methoxy groups -OCH3 is 2. The fourth-order valence-electron chi connectivity index (χ4n) is 4.73. The van der Waals surface area contributed by atoms with Crippen LogP contribution in [0.4, 0.5) is 0 Å². The van der Waals surface area contributed by atoms with Gasteiger partial charge in [-0.25, -0.2) is 10.1 Å². The second-order valence-electron chi connectivity index (χ2n) is 9.46. The van der Waals surface area contributed by atoms with Crippen molar-refractivity contribution in [1.82, 2.24) is 35.2 Å². The number of carbonyl (C=O) groups is 1. The molecule has 0 aliphatic carbocycles. The molecule has 41 heavy (non-hydrogen) atoms. The van der Waals surface area contributed by atoms with Crippen molar-refractivity contribution in [1.29, 1.82) is 0 Å². The molecule has 10 nitrogen and oxygen atoms in total. The molecule has 0 saturated heterocycles. The first kappa shape index (κ1) is 28.3. The lowest BCUT2D eigenvalue weighted by Crippen LogP contribution is -2.15. The van der Waals surface area contributed by atoms with Crippen molar-refractivity contribution in [2.75, 3.05) is 14.2 Å². The predicted octanol–water partition coefficient (Wildman–Crippen LogP) is 5.69. The lowest BCUT2D eigenvalue weighted by molar-refractivity contribution is -0.106. The molecular formula is C30H30ClN7O3. The number of unbranched alkanes of at least 4 members (excludes halogenated alkanes) is 1. The molecule has 0 bridgehead atoms. The van der Waals surface area contributed by atoms with Gasteiger partial charge in [-0.2, -0.15) is 0 Å². The van der Waals surface area contributed by atoms with Gasteiger partial charge >= 0.3 is 0 Å². The topological polar surface area (TPSA) is 121 Å². The van der Waals surface area contributed by atoms with Gasteiger partial charge in [-0.3, -0.25) is 9.78 Å². The Hall–Kier alpha value is -4.25. The number of carbonyl (C=O) groups excluding carboxylic acids is 1. The van der Waals surface area contributed by atoms with Crippen LogP contribution in [0.1, 0.15) is 59.2 Å². The highest BCUT2D eigenvalue weighted by Crippen LogP contribution is 2.30. The van der Waals surface area contributed by atoms with Crippen LogP contribution < -0.4 is 0 Å². The summed E-state index contributed by atoms with van der Waals surface area (Å²) < 4.78 is 12.5. The number of imidazole rings is 1. The van der Waals surface area contributed by atoms with Gasteiger partial charge in [0.2, 0.25) is 5.78 Å². The summed E-state index contributed by atoms with van der Waals surface area (Å²) in [5.41, 5.74) is 5.21. The minimum atomic E-state index is -0.566. The molecule has 3 heterocycles. The predicted molar refractivity (Wildman–Crippen MR) is 154 cm³/mol. The van der Waals surface area contributed by atoms with Gasteiger partial charge in [0.05, 0.1) is 0 Å². The molecule has 0 fully saturated rings. The number of rotatable bonds is 12. The molecule has 11 heteroatoms. The fourth-order valence-corrected chi connectivity index (χ4v) is 5.02. The van der Waals surface area contributed by atoms with Gasteiger partial charge in [0.25, 0.3) is 0 Å². The van der Waals surface area contributed by atoms with E-state index in [9.17, 15) is 4.79 Å². The van der Waals surface area contributed by atoms with Crippen molar-refractivity contribution in [3.05, 3.63) is 100 Å². The van der Waals surface area contributed by atoms with E-state index >= 15 is 0 Å². The van der Waals surface area contributed by atoms with Crippen molar-refractivity contribution in [2.45, 2.75) is 39.0 Å². The van der Waals surface area contributed by atoms with Crippen LogP contribution in [-0.2, 0) is 22.4 Å². The van der Waals surface area contributed by atoms with E-state index in [0.29, 0.717) is 30.0 Å². The number of pyridine rings is 1. The number of nitrogens with zero attached hydrogens (tertiary/aromatic N) is 6. The average Bonchev–Trinajstić information content (AvgIpc) is 3.65. The van der Waals surface area contributed by atoms with Gasteiger partial charge in [0.1, 0.15) is 17.2 Å². The third-order valence-corrected chi connectivity index (χ3v) is 7.09. The maximum atomic E-state index is 13.7. The molecule has 3 aromatic heterocycles. The van der Waals surface area contributed by atoms with Crippen LogP contribution in [-0.4, -0.2) is 55.2 Å². The number of benzene rings is 2. The van der Waals surface area contributed by atoms with Crippen molar-refractivity contribution >= 4 is 17.4 Å². The van der Waals surface area contributed by atoms with Crippen LogP contribution in [0.5, 0.6) is 0 Å². The first-order valence-corrected chi connectivity index (χ1v) is 13.6. The Balaban J connectivity index is 1.45. The quantitative estimate of drug-likeness (QED) is 0.150. The van der Waals surface area contributed by atoms with Crippen LogP contribution in [0.15, 0.2) is 66.9 Å². The zero-order valence-electron chi connectivity index (χ0n) is 23.0. The van der Waals surface area contributed by atoms with Crippen LogP contribution in [0.25, 0.3) is 22.5 Å². The van der Waals surface area contributed by atoms with Gasteiger partial charge in [-0.05, 0) is 39.6 Å². The molecule has 5 rings (SSSR count). The Labute approximate surface area is 242 Å². The van der Waals surface area contributed by atoms with Gasteiger partial charge in [0.15, 0.2) is 17.3 Å². The number of ether oxygens (including phenoxy) is 2. The summed E-state index contributed by atoms with van der Waals surface area (Å²) in [6, 6.07) is 19.5. The van der Waals surface area contributed by atoms with Crippen LogP contribution in [0.3, 0.4) is 0 Å². The summed E-state index contributed by atoms with van der Waals surface area (Å²) >= 11 is 6.60. The Morgan fingerprint density at radius 3 is 2.41 bits per heavy atom. The molecule has 0 spiro atoms. The maximum absolute atomic E-state index is 13.7. The minimum Gasteiger partial charge on any atom is -0.352 e. The zero-order valence-corrected chi connectivity index (χ0v) is 23.8. The standard InChI is InChI=1S/C30H30ClN7O3/c1-4-5-10-25-33-28(31)26(27(39)24-16-15-21(17-32-24)30(40-2)41-3)38(25)18-19-11-13-20(14-12-19)22-8-6-7-9-23(22)29-34-36-37-35-29/h6-9,11-17,30H,4-5,10,18H2,1-3H3,(H,34,35,36,37). The number of tetrazole rings is 1. The third-order valence-electron chi connectivity index (χ3n) is 6.83. The van der Waals surface area contributed by atoms with E-state index in [1.807, 2.05) is 53.1 Å². The first-order valence-electron chi connectivity index (χ1n) is 13.3. The number of nitrogens with one attached hydrogen (secondary N) is 1. The van der Waals surface area contributed by atoms with Crippen molar-refractivity contribution in [2.24, 2.45) is 0 Å². The molecule has 210 valence electrons. The van der Waals surface area contributed by atoms with E-state index in [0.717, 1.165) is 40.9 Å². The second-order valence-corrected chi connectivity index (χ2v) is 9.82. The number of aromatic amines is 1. The minimum absolute atomic E-state index is 0.171. The Bertz CT molecular complexity index is 1600. The van der Waals surface area contributed by atoms with Crippen LogP contribution >= 0.6 is 11.6 Å². The largest absolute Gasteiger partial charge is 0.352 e. The van der Waals surface area contributed by atoms with Crippen molar-refractivity contribution < 1.29 is 14.3 Å². The molecule has 0 aliphatic rings. The highest BCUT2D eigenvalue weighted by Gasteiger charge is 2.25. The molecular weight excluding hydrogens is 542 g/mol. The van der Waals surface area contributed by atoms with E-state index in [4.69, 9.17) is 21.1 Å². The van der Waals surface area contributed by atoms with Crippen LogP contribution in [0, 0.1) is 0 Å². The maximum Gasteiger partial charge on any atom is 0.230 e. The third kappa shape index (κ3) is 6.09. The van der Waals surface area contributed by atoms with E-state index in [1.54, 1.807) is 32.5 Å². The molecule has 0 saturated carbocycles. The monoisotopic (exact) mass is 571 g/mol. The smallest absolute Gasteiger partial charge is 0.230 e. The summed E-state index contributed by atoms with van der Waals surface area (Å²) in [5.74, 6) is 1.07. The molecule has 2 aromatic carbocycles. The molecule has 0 unspecified atom stereocenters. The van der Waals surface area contributed by atoms with E-state index in [-0.39, 0.29) is 16.6 Å². The summed E-state index contributed by atoms with van der Waals surface area (Å²) in [6.45, 7) is 2.55. The molecule has 0 amide bonds. The Kier molecular flexibility index (Phi) is 8.93. The summed E-state index contributed by atoms with van der Waals surface area (Å²) in [5, 5.41) is 14.5. The van der Waals surface area contributed by atoms with Crippen molar-refractivity contribution in [3.8, 4) is 22.5 Å². The second kappa shape index (κ2) is 12.9. The zero-order chi connectivity index (χ0) is 28.8. The highest BCUT2D eigenvalue weighted by atomic mass is 35.5. The lowest BCUT2D eigenvalue weighted by Gasteiger charge is -2.14. The number of ketones is 1.